The number of urea groups is 1. The molecule has 4 heterocycles. The summed E-state index contributed by atoms with van der Waals surface area (Å²) in [6.45, 7) is 3.24. The number of rotatable bonds is 6. The lowest BCUT2D eigenvalue weighted by Gasteiger charge is -2.26. The maximum Gasteiger partial charge on any atom is 0.323 e. The summed E-state index contributed by atoms with van der Waals surface area (Å²) in [5, 5.41) is 7.99. The molecule has 11 heteroatoms. The molecule has 0 unspecified atom stereocenters. The number of piperidine rings is 1. The monoisotopic (exact) mass is 573 g/mol. The number of pyridine rings is 1. The average Bonchev–Trinajstić information content (AvgIpc) is 3.39. The number of nitrogens with zero attached hydrogens (tertiary/aromatic N) is 6. The lowest BCUT2D eigenvalue weighted by atomic mass is 10.0. The lowest BCUT2D eigenvalue weighted by molar-refractivity contribution is -0.123. The molecule has 4 aromatic rings. The molecule has 192 valence electrons. The Bertz CT molecular complexity index is 1600. The zero-order chi connectivity index (χ0) is 26.6. The van der Waals surface area contributed by atoms with Crippen molar-refractivity contribution in [3.05, 3.63) is 64.9 Å². The number of amides is 2. The standard InChI is InChI=1S/C27H24BrN7O3/c1-14(36)26-19-8-16(18-11-29-15(2)30-12-18)6-7-20(19)34(33-26)13-23(37)22-10-17-9-21(17)35(22)27(38)32-25-5-3-4-24(28)31-25/h3-8,11-12,17,21-22H,9-10,13H2,1-2H3,(H,31,32,38)/t17-,21+,22-/m0/s1. The second kappa shape index (κ2) is 9.39. The van der Waals surface area contributed by atoms with Crippen LogP contribution in [0.1, 0.15) is 36.1 Å². The molecule has 0 radical (unpaired) electrons. The molecule has 1 saturated heterocycles. The van der Waals surface area contributed by atoms with Crippen molar-refractivity contribution in [3.8, 4) is 11.1 Å². The Kier molecular flexibility index (Phi) is 6.02. The van der Waals surface area contributed by atoms with Crippen LogP contribution in [-0.4, -0.2) is 59.3 Å². The maximum atomic E-state index is 13.5. The van der Waals surface area contributed by atoms with Gasteiger partial charge in [-0.3, -0.25) is 19.6 Å². The second-order valence-electron chi connectivity index (χ2n) is 9.78. The van der Waals surface area contributed by atoms with E-state index in [4.69, 9.17) is 0 Å². The quantitative estimate of drug-likeness (QED) is 0.267. The highest BCUT2D eigenvalue weighted by Gasteiger charge is 2.56. The molecule has 1 N–H and O–H groups in total. The Morgan fingerprint density at radius 3 is 2.61 bits per heavy atom. The molecule has 2 fully saturated rings. The third-order valence-corrected chi connectivity index (χ3v) is 7.61. The smallest absolute Gasteiger partial charge is 0.311 e. The first-order chi connectivity index (χ1) is 18.3. The SMILES string of the molecule is CC(=O)c1nn(CC(=O)[C@@H]2C[C@@H]3C[C@H]3N2C(=O)Nc2cccc(Br)n2)c2ccc(-c3cnc(C)nc3)cc12. The molecule has 0 spiro atoms. The minimum Gasteiger partial charge on any atom is -0.311 e. The van der Waals surface area contributed by atoms with Gasteiger partial charge in [0.05, 0.1) is 11.6 Å². The predicted octanol–water partition coefficient (Wildman–Crippen LogP) is 4.43. The van der Waals surface area contributed by atoms with E-state index in [1.54, 1.807) is 40.2 Å². The summed E-state index contributed by atoms with van der Waals surface area (Å²) in [5.74, 6) is 1.10. The first-order valence-electron chi connectivity index (χ1n) is 12.3. The van der Waals surface area contributed by atoms with Crippen LogP contribution in [0.2, 0.25) is 0 Å². The number of nitrogens with one attached hydrogen (secondary N) is 1. The van der Waals surface area contributed by atoms with Gasteiger partial charge in [-0.2, -0.15) is 5.10 Å². The Balaban J connectivity index is 1.26. The number of fused-ring (bicyclic) bond motifs is 2. The molecule has 1 aliphatic heterocycles. The van der Waals surface area contributed by atoms with E-state index < -0.39 is 6.04 Å². The molecule has 2 aliphatic rings. The van der Waals surface area contributed by atoms with E-state index in [1.165, 1.54) is 6.92 Å². The van der Waals surface area contributed by atoms with Crippen molar-refractivity contribution >= 4 is 50.2 Å². The summed E-state index contributed by atoms with van der Waals surface area (Å²) >= 11 is 3.31. The van der Waals surface area contributed by atoms with Crippen LogP contribution in [0.15, 0.2) is 53.4 Å². The minimum atomic E-state index is -0.560. The van der Waals surface area contributed by atoms with Crippen molar-refractivity contribution in [2.75, 3.05) is 5.32 Å². The van der Waals surface area contributed by atoms with Gasteiger partial charge in [0.2, 0.25) is 0 Å². The van der Waals surface area contributed by atoms with Crippen LogP contribution in [0.5, 0.6) is 0 Å². The first kappa shape index (κ1) is 24.4. The van der Waals surface area contributed by atoms with Crippen molar-refractivity contribution in [1.29, 1.82) is 0 Å². The van der Waals surface area contributed by atoms with Gasteiger partial charge >= 0.3 is 6.03 Å². The third-order valence-electron chi connectivity index (χ3n) is 7.16. The highest BCUT2D eigenvalue weighted by molar-refractivity contribution is 9.10. The van der Waals surface area contributed by atoms with Crippen molar-refractivity contribution in [3.63, 3.8) is 0 Å². The van der Waals surface area contributed by atoms with Crippen molar-refractivity contribution in [1.82, 2.24) is 29.6 Å². The number of halogens is 1. The molecule has 1 aromatic carbocycles. The topological polar surface area (TPSA) is 123 Å². The lowest BCUT2D eigenvalue weighted by Crippen LogP contribution is -2.46. The molecule has 1 saturated carbocycles. The number of likely N-dealkylation sites (tertiary alicyclic amines) is 1. The van der Waals surface area contributed by atoms with Crippen LogP contribution in [0.4, 0.5) is 10.6 Å². The van der Waals surface area contributed by atoms with Gasteiger partial charge in [0.1, 0.15) is 28.5 Å². The van der Waals surface area contributed by atoms with E-state index in [1.807, 2.05) is 25.1 Å². The molecule has 3 atom stereocenters. The van der Waals surface area contributed by atoms with Gasteiger partial charge in [-0.05, 0) is 71.4 Å². The van der Waals surface area contributed by atoms with Crippen molar-refractivity contribution in [2.45, 2.75) is 45.3 Å². The number of carbonyl (C=O) groups excluding carboxylic acids is 3. The van der Waals surface area contributed by atoms with E-state index in [-0.39, 0.29) is 30.2 Å². The molecular weight excluding hydrogens is 550 g/mol. The van der Waals surface area contributed by atoms with E-state index in [2.05, 4.69) is 41.3 Å². The van der Waals surface area contributed by atoms with Gasteiger partial charge < -0.3 is 4.90 Å². The van der Waals surface area contributed by atoms with Gasteiger partial charge in [0.25, 0.3) is 0 Å². The van der Waals surface area contributed by atoms with E-state index in [0.717, 1.165) is 17.5 Å². The second-order valence-corrected chi connectivity index (χ2v) is 10.6. The third kappa shape index (κ3) is 4.47. The number of Topliss-reactive ketones (excluding diaryl/α,β-unsaturated/α-hetero) is 2. The average molecular weight is 574 g/mol. The largest absolute Gasteiger partial charge is 0.323 e. The fraction of sp³-hybridized carbons (Fsp3) is 0.296. The molecule has 6 rings (SSSR count). The zero-order valence-corrected chi connectivity index (χ0v) is 22.3. The van der Waals surface area contributed by atoms with Gasteiger partial charge in [0.15, 0.2) is 11.6 Å². The van der Waals surface area contributed by atoms with Crippen LogP contribution < -0.4 is 5.32 Å². The van der Waals surface area contributed by atoms with Crippen LogP contribution in [0.25, 0.3) is 22.0 Å². The molecule has 38 heavy (non-hydrogen) atoms. The number of carbonyl (C=O) groups is 3. The predicted molar refractivity (Wildman–Crippen MR) is 144 cm³/mol. The number of hydrogen-bond donors (Lipinski definition) is 1. The Morgan fingerprint density at radius 2 is 1.87 bits per heavy atom. The Morgan fingerprint density at radius 1 is 1.08 bits per heavy atom. The van der Waals surface area contributed by atoms with E-state index >= 15 is 0 Å². The van der Waals surface area contributed by atoms with Crippen LogP contribution in [-0.2, 0) is 11.3 Å². The zero-order valence-electron chi connectivity index (χ0n) is 20.8. The maximum absolute atomic E-state index is 13.5. The molecule has 10 nitrogen and oxygen atoms in total. The van der Waals surface area contributed by atoms with Crippen LogP contribution in [0.3, 0.4) is 0 Å². The number of anilines is 1. The number of hydrogen-bond acceptors (Lipinski definition) is 7. The van der Waals surface area contributed by atoms with Crippen LogP contribution >= 0.6 is 15.9 Å². The minimum absolute atomic E-state index is 0.0419. The summed E-state index contributed by atoms with van der Waals surface area (Å²) in [6.07, 6.45) is 4.99. The molecule has 0 bridgehead atoms. The molecule has 1 aliphatic carbocycles. The van der Waals surface area contributed by atoms with E-state index in [9.17, 15) is 14.4 Å². The first-order valence-corrected chi connectivity index (χ1v) is 13.1. The molecular formula is C27H24BrN7O3. The Labute approximate surface area is 226 Å². The normalized spacial score (nSPS) is 19.9. The van der Waals surface area contributed by atoms with Crippen molar-refractivity contribution in [2.24, 2.45) is 5.92 Å². The summed E-state index contributed by atoms with van der Waals surface area (Å²) in [6, 6.07) is 10.1. The highest BCUT2D eigenvalue weighted by Crippen LogP contribution is 2.48. The van der Waals surface area contributed by atoms with Gasteiger partial charge in [-0.1, -0.05) is 12.1 Å². The molecule has 3 aromatic heterocycles. The molecule has 2 amide bonds. The fourth-order valence-electron chi connectivity index (χ4n) is 5.22. The van der Waals surface area contributed by atoms with Gasteiger partial charge in [0, 0.05) is 36.3 Å². The number of aromatic nitrogens is 5. The van der Waals surface area contributed by atoms with Gasteiger partial charge in [-0.15, -0.1) is 0 Å². The summed E-state index contributed by atoms with van der Waals surface area (Å²) in [5.41, 5.74) is 2.65. The fourth-order valence-corrected chi connectivity index (χ4v) is 5.57. The number of aryl methyl sites for hydroxylation is 1. The van der Waals surface area contributed by atoms with Gasteiger partial charge in [-0.25, -0.2) is 19.7 Å². The summed E-state index contributed by atoms with van der Waals surface area (Å²) in [4.78, 5) is 53.6. The van der Waals surface area contributed by atoms with Crippen molar-refractivity contribution < 1.29 is 14.4 Å². The van der Waals surface area contributed by atoms with E-state index in [0.29, 0.717) is 45.2 Å². The highest BCUT2D eigenvalue weighted by atomic mass is 79.9. The van der Waals surface area contributed by atoms with Crippen LogP contribution in [0, 0.1) is 12.8 Å². The number of benzene rings is 1. The summed E-state index contributed by atoms with van der Waals surface area (Å²) in [7, 11) is 0. The number of ketones is 2. The summed E-state index contributed by atoms with van der Waals surface area (Å²) < 4.78 is 2.18. The Hall–Kier alpha value is -3.99.